The van der Waals surface area contributed by atoms with Crippen molar-refractivity contribution in [3.63, 3.8) is 0 Å². The van der Waals surface area contributed by atoms with Gasteiger partial charge in [0.2, 0.25) is 0 Å². The van der Waals surface area contributed by atoms with E-state index in [2.05, 4.69) is 38.2 Å². The zero-order valence-corrected chi connectivity index (χ0v) is 15.3. The maximum atomic E-state index is 12.8. The molecule has 0 saturated heterocycles. The number of benzene rings is 2. The van der Waals surface area contributed by atoms with Gasteiger partial charge < -0.3 is 10.1 Å². The van der Waals surface area contributed by atoms with Crippen LogP contribution < -0.4 is 15.0 Å². The van der Waals surface area contributed by atoms with Crippen LogP contribution in [0.5, 0.6) is 5.75 Å². The number of amides is 2. The van der Waals surface area contributed by atoms with E-state index >= 15 is 0 Å². The minimum absolute atomic E-state index is 0.119. The fraction of sp³-hybridized carbons (Fsp3) is 0.381. The number of para-hydroxylation sites is 2. The van der Waals surface area contributed by atoms with Crippen LogP contribution in [-0.4, -0.2) is 18.3 Å². The predicted molar refractivity (Wildman–Crippen MR) is 101 cm³/mol. The van der Waals surface area contributed by atoms with Crippen molar-refractivity contribution < 1.29 is 9.53 Å². The third-order valence-electron chi connectivity index (χ3n) is 4.60. The third-order valence-corrected chi connectivity index (χ3v) is 4.60. The van der Waals surface area contributed by atoms with E-state index in [9.17, 15) is 4.79 Å². The number of rotatable bonds is 4. The first kappa shape index (κ1) is 17.3. The zero-order chi connectivity index (χ0) is 18.0. The molecule has 2 amide bonds. The monoisotopic (exact) mass is 338 g/mol. The Balaban J connectivity index is 1.70. The SMILES string of the molecule is CC(NC(=O)N1c2ccccc2CC1C)Oc1ccccc1C(C)C. The van der Waals surface area contributed by atoms with E-state index in [0.717, 1.165) is 23.4 Å². The molecule has 4 nitrogen and oxygen atoms in total. The second kappa shape index (κ2) is 7.18. The van der Waals surface area contributed by atoms with Gasteiger partial charge in [0, 0.05) is 11.7 Å². The maximum absolute atomic E-state index is 12.8. The van der Waals surface area contributed by atoms with Gasteiger partial charge in [0.15, 0.2) is 6.23 Å². The Morgan fingerprint density at radius 3 is 2.56 bits per heavy atom. The first-order chi connectivity index (χ1) is 12.0. The first-order valence-electron chi connectivity index (χ1n) is 8.90. The summed E-state index contributed by atoms with van der Waals surface area (Å²) in [6.45, 7) is 8.20. The maximum Gasteiger partial charge on any atom is 0.324 e. The number of anilines is 1. The summed E-state index contributed by atoms with van der Waals surface area (Å²) in [4.78, 5) is 14.6. The highest BCUT2D eigenvalue weighted by Gasteiger charge is 2.31. The van der Waals surface area contributed by atoms with Gasteiger partial charge in [-0.25, -0.2) is 4.79 Å². The Kier molecular flexibility index (Phi) is 4.98. The minimum Gasteiger partial charge on any atom is -0.471 e. The zero-order valence-electron chi connectivity index (χ0n) is 15.3. The Morgan fingerprint density at radius 1 is 1.12 bits per heavy atom. The van der Waals surface area contributed by atoms with Crippen molar-refractivity contribution in [2.24, 2.45) is 0 Å². The molecule has 0 bridgehead atoms. The standard InChI is InChI=1S/C21H26N2O2/c1-14(2)18-10-6-8-12-20(18)25-16(4)22-21(24)23-15(3)13-17-9-5-7-11-19(17)23/h5-12,14-16H,13H2,1-4H3,(H,22,24). The van der Waals surface area contributed by atoms with Gasteiger partial charge in [-0.05, 0) is 49.4 Å². The summed E-state index contributed by atoms with van der Waals surface area (Å²) in [6, 6.07) is 16.1. The molecule has 0 aromatic heterocycles. The van der Waals surface area contributed by atoms with Crippen molar-refractivity contribution >= 4 is 11.7 Å². The van der Waals surface area contributed by atoms with Crippen LogP contribution in [0, 0.1) is 0 Å². The summed E-state index contributed by atoms with van der Waals surface area (Å²) in [5.74, 6) is 1.18. The second-order valence-corrected chi connectivity index (χ2v) is 6.95. The molecule has 1 aliphatic rings. The lowest BCUT2D eigenvalue weighted by molar-refractivity contribution is 0.178. The molecule has 132 valence electrons. The molecule has 1 N–H and O–H groups in total. The summed E-state index contributed by atoms with van der Waals surface area (Å²) < 4.78 is 6.00. The number of ether oxygens (including phenoxy) is 1. The molecule has 4 heteroatoms. The van der Waals surface area contributed by atoms with E-state index < -0.39 is 6.23 Å². The number of hydrogen-bond acceptors (Lipinski definition) is 2. The Hall–Kier alpha value is -2.49. The highest BCUT2D eigenvalue weighted by Crippen LogP contribution is 2.32. The van der Waals surface area contributed by atoms with E-state index in [1.54, 1.807) is 0 Å². The molecule has 0 aliphatic carbocycles. The van der Waals surface area contributed by atoms with Crippen LogP contribution >= 0.6 is 0 Å². The van der Waals surface area contributed by atoms with E-state index in [-0.39, 0.29) is 12.1 Å². The number of nitrogens with one attached hydrogen (secondary N) is 1. The molecular weight excluding hydrogens is 312 g/mol. The summed E-state index contributed by atoms with van der Waals surface area (Å²) >= 11 is 0. The van der Waals surface area contributed by atoms with Crippen molar-refractivity contribution in [3.8, 4) is 5.75 Å². The van der Waals surface area contributed by atoms with Crippen molar-refractivity contribution in [2.45, 2.75) is 52.3 Å². The Bertz CT molecular complexity index is 757. The summed E-state index contributed by atoms with van der Waals surface area (Å²) in [7, 11) is 0. The summed E-state index contributed by atoms with van der Waals surface area (Å²) in [6.07, 6.45) is 0.474. The second-order valence-electron chi connectivity index (χ2n) is 6.95. The van der Waals surface area contributed by atoms with Gasteiger partial charge in [-0.3, -0.25) is 4.90 Å². The highest BCUT2D eigenvalue weighted by atomic mass is 16.5. The van der Waals surface area contributed by atoms with Crippen molar-refractivity contribution in [1.29, 1.82) is 0 Å². The smallest absolute Gasteiger partial charge is 0.324 e. The minimum atomic E-state index is -0.410. The quantitative estimate of drug-likeness (QED) is 0.821. The molecule has 2 aromatic carbocycles. The van der Waals surface area contributed by atoms with Gasteiger partial charge in [0.1, 0.15) is 5.75 Å². The number of carbonyl (C=O) groups excluding carboxylic acids is 1. The van der Waals surface area contributed by atoms with Crippen LogP contribution in [-0.2, 0) is 6.42 Å². The van der Waals surface area contributed by atoms with Gasteiger partial charge >= 0.3 is 6.03 Å². The van der Waals surface area contributed by atoms with E-state index in [1.807, 2.05) is 48.2 Å². The van der Waals surface area contributed by atoms with Crippen LogP contribution in [0.3, 0.4) is 0 Å². The van der Waals surface area contributed by atoms with Crippen LogP contribution in [0.2, 0.25) is 0 Å². The van der Waals surface area contributed by atoms with E-state index in [0.29, 0.717) is 5.92 Å². The van der Waals surface area contributed by atoms with Crippen molar-refractivity contribution in [2.75, 3.05) is 4.90 Å². The van der Waals surface area contributed by atoms with Gasteiger partial charge in [0.25, 0.3) is 0 Å². The van der Waals surface area contributed by atoms with Gasteiger partial charge in [-0.2, -0.15) is 0 Å². The van der Waals surface area contributed by atoms with E-state index in [4.69, 9.17) is 4.74 Å². The average molecular weight is 338 g/mol. The van der Waals surface area contributed by atoms with Crippen molar-refractivity contribution in [3.05, 3.63) is 59.7 Å². The molecule has 1 heterocycles. The lowest BCUT2D eigenvalue weighted by Gasteiger charge is -2.26. The molecule has 2 aromatic rings. The fourth-order valence-electron chi connectivity index (χ4n) is 3.40. The molecule has 0 saturated carbocycles. The molecule has 2 unspecified atom stereocenters. The molecule has 0 spiro atoms. The molecular formula is C21H26N2O2. The fourth-order valence-corrected chi connectivity index (χ4v) is 3.40. The normalized spacial score (nSPS) is 17.3. The molecule has 3 rings (SSSR count). The lowest BCUT2D eigenvalue weighted by atomic mass is 10.0. The molecule has 2 atom stereocenters. The summed E-state index contributed by atoms with van der Waals surface area (Å²) in [5, 5.41) is 2.97. The highest BCUT2D eigenvalue weighted by molar-refractivity contribution is 5.95. The Morgan fingerprint density at radius 2 is 1.80 bits per heavy atom. The molecule has 0 fully saturated rings. The number of fused-ring (bicyclic) bond motifs is 1. The third kappa shape index (κ3) is 3.63. The first-order valence-corrected chi connectivity index (χ1v) is 8.90. The number of urea groups is 1. The van der Waals surface area contributed by atoms with E-state index in [1.165, 1.54) is 5.56 Å². The van der Waals surface area contributed by atoms with Crippen LogP contribution in [0.15, 0.2) is 48.5 Å². The molecule has 25 heavy (non-hydrogen) atoms. The molecule has 0 radical (unpaired) electrons. The lowest BCUT2D eigenvalue weighted by Crippen LogP contribution is -2.48. The van der Waals surface area contributed by atoms with Crippen LogP contribution in [0.4, 0.5) is 10.5 Å². The van der Waals surface area contributed by atoms with Crippen molar-refractivity contribution in [1.82, 2.24) is 5.32 Å². The Labute approximate surface area is 149 Å². The van der Waals surface area contributed by atoms with Crippen LogP contribution in [0.25, 0.3) is 0 Å². The van der Waals surface area contributed by atoms with Gasteiger partial charge in [-0.15, -0.1) is 0 Å². The van der Waals surface area contributed by atoms with Gasteiger partial charge in [-0.1, -0.05) is 50.2 Å². The summed E-state index contributed by atoms with van der Waals surface area (Å²) in [5.41, 5.74) is 3.34. The predicted octanol–water partition coefficient (Wildman–Crippen LogP) is 4.70. The number of carbonyl (C=O) groups is 1. The van der Waals surface area contributed by atoms with Crippen LogP contribution in [0.1, 0.15) is 44.7 Å². The largest absolute Gasteiger partial charge is 0.471 e. The topological polar surface area (TPSA) is 41.6 Å². The number of hydrogen-bond donors (Lipinski definition) is 1. The molecule has 1 aliphatic heterocycles. The number of nitrogens with zero attached hydrogens (tertiary/aromatic N) is 1. The van der Waals surface area contributed by atoms with Gasteiger partial charge in [0.05, 0.1) is 0 Å². The average Bonchev–Trinajstić information content (AvgIpc) is 2.90.